The largest absolute Gasteiger partial charge is 0.321 e. The van der Waals surface area contributed by atoms with Gasteiger partial charge in [0.1, 0.15) is 0 Å². The molecule has 2 aromatic heterocycles. The summed E-state index contributed by atoms with van der Waals surface area (Å²) < 4.78 is 1.71. The van der Waals surface area contributed by atoms with Crippen molar-refractivity contribution in [3.8, 4) is 11.3 Å². The molecule has 3 aromatic rings. The second kappa shape index (κ2) is 7.25. The fraction of sp³-hybridized carbons (Fsp3) is 0.263. The molecule has 0 unspecified atom stereocenters. The zero-order valence-electron chi connectivity index (χ0n) is 14.7. The number of ketones is 1. The Labute approximate surface area is 146 Å². The molecule has 128 valence electrons. The van der Waals surface area contributed by atoms with Gasteiger partial charge in [-0.2, -0.15) is 5.10 Å². The molecule has 6 heteroatoms. The van der Waals surface area contributed by atoms with Crippen LogP contribution in [-0.2, 0) is 7.05 Å². The molecule has 0 saturated heterocycles. The second-order valence-electron chi connectivity index (χ2n) is 6.00. The summed E-state index contributed by atoms with van der Waals surface area (Å²) in [7, 11) is 1.86. The Kier molecular flexibility index (Phi) is 4.88. The molecule has 2 heterocycles. The number of anilines is 2. The zero-order valence-corrected chi connectivity index (χ0v) is 14.7. The Balaban J connectivity index is 1.86. The van der Waals surface area contributed by atoms with Crippen molar-refractivity contribution in [1.82, 2.24) is 19.7 Å². The smallest absolute Gasteiger partial charge is 0.227 e. The topological polar surface area (TPSA) is 72.7 Å². The summed E-state index contributed by atoms with van der Waals surface area (Å²) >= 11 is 0. The molecule has 0 amide bonds. The number of carbonyl (C=O) groups is 1. The van der Waals surface area contributed by atoms with Gasteiger partial charge in [-0.1, -0.05) is 31.2 Å². The van der Waals surface area contributed by atoms with Gasteiger partial charge in [0.05, 0.1) is 17.6 Å². The Bertz CT molecular complexity index is 883. The Morgan fingerprint density at radius 2 is 1.96 bits per heavy atom. The van der Waals surface area contributed by atoms with E-state index >= 15 is 0 Å². The van der Waals surface area contributed by atoms with E-state index in [0.717, 1.165) is 34.5 Å². The van der Waals surface area contributed by atoms with Crippen LogP contribution in [0.4, 0.5) is 11.6 Å². The van der Waals surface area contributed by atoms with Gasteiger partial charge >= 0.3 is 0 Å². The van der Waals surface area contributed by atoms with E-state index < -0.39 is 0 Å². The number of rotatable bonds is 6. The summed E-state index contributed by atoms with van der Waals surface area (Å²) in [6, 6.07) is 7.60. The van der Waals surface area contributed by atoms with Crippen molar-refractivity contribution in [2.45, 2.75) is 26.7 Å². The van der Waals surface area contributed by atoms with Gasteiger partial charge in [0, 0.05) is 37.0 Å². The van der Waals surface area contributed by atoms with E-state index in [1.165, 1.54) is 0 Å². The molecule has 1 aromatic carbocycles. The van der Waals surface area contributed by atoms with Gasteiger partial charge in [0.15, 0.2) is 5.78 Å². The maximum atomic E-state index is 12.0. The summed E-state index contributed by atoms with van der Waals surface area (Å²) in [5.41, 5.74) is 4.35. The predicted molar refractivity (Wildman–Crippen MR) is 97.9 cm³/mol. The average Bonchev–Trinajstić information content (AvgIpc) is 3.02. The van der Waals surface area contributed by atoms with E-state index in [4.69, 9.17) is 0 Å². The highest BCUT2D eigenvalue weighted by molar-refractivity contribution is 5.96. The standard InChI is InChI=1S/C19H21N5O/c1-4-5-17(25)14-6-8-15(9-7-14)18-13(2)10-20-19(23-18)22-16-11-21-24(3)12-16/h6-12H,4-5H2,1-3H3,(H,20,22,23). The van der Waals surface area contributed by atoms with Crippen LogP contribution in [-0.4, -0.2) is 25.5 Å². The van der Waals surface area contributed by atoms with Crippen LogP contribution in [0, 0.1) is 6.92 Å². The van der Waals surface area contributed by atoms with Gasteiger partial charge in [-0.3, -0.25) is 9.48 Å². The quantitative estimate of drug-likeness (QED) is 0.691. The van der Waals surface area contributed by atoms with Gasteiger partial charge in [-0.25, -0.2) is 9.97 Å². The summed E-state index contributed by atoms with van der Waals surface area (Å²) in [5, 5.41) is 7.27. The van der Waals surface area contributed by atoms with Crippen molar-refractivity contribution in [3.63, 3.8) is 0 Å². The SMILES string of the molecule is CCCC(=O)c1ccc(-c2nc(Nc3cnn(C)c3)ncc2C)cc1. The van der Waals surface area contributed by atoms with Crippen molar-refractivity contribution in [2.24, 2.45) is 7.05 Å². The van der Waals surface area contributed by atoms with Crippen molar-refractivity contribution >= 4 is 17.4 Å². The minimum absolute atomic E-state index is 0.174. The van der Waals surface area contributed by atoms with Crippen molar-refractivity contribution in [2.75, 3.05) is 5.32 Å². The molecule has 0 saturated carbocycles. The maximum absolute atomic E-state index is 12.0. The van der Waals surface area contributed by atoms with Gasteiger partial charge in [-0.05, 0) is 18.9 Å². The monoisotopic (exact) mass is 335 g/mol. The normalized spacial score (nSPS) is 10.7. The van der Waals surface area contributed by atoms with Gasteiger partial charge < -0.3 is 5.32 Å². The number of aryl methyl sites for hydroxylation is 2. The lowest BCUT2D eigenvalue weighted by Crippen LogP contribution is -2.00. The van der Waals surface area contributed by atoms with Crippen molar-refractivity contribution in [3.05, 3.63) is 54.0 Å². The minimum Gasteiger partial charge on any atom is -0.321 e. The van der Waals surface area contributed by atoms with Crippen LogP contribution in [0.15, 0.2) is 42.9 Å². The highest BCUT2D eigenvalue weighted by atomic mass is 16.1. The highest BCUT2D eigenvalue weighted by Crippen LogP contribution is 2.23. The summed E-state index contributed by atoms with van der Waals surface area (Å²) in [4.78, 5) is 20.9. The third kappa shape index (κ3) is 3.91. The first kappa shape index (κ1) is 16.8. The minimum atomic E-state index is 0.174. The predicted octanol–water partition coefficient (Wildman–Crippen LogP) is 3.91. The first-order chi connectivity index (χ1) is 12.1. The lowest BCUT2D eigenvalue weighted by atomic mass is 10.0. The van der Waals surface area contributed by atoms with Crippen molar-refractivity contribution in [1.29, 1.82) is 0 Å². The molecule has 0 spiro atoms. The fourth-order valence-corrected chi connectivity index (χ4v) is 2.59. The third-order valence-corrected chi connectivity index (χ3v) is 3.89. The molecule has 6 nitrogen and oxygen atoms in total. The molecule has 0 atom stereocenters. The Morgan fingerprint density at radius 3 is 2.60 bits per heavy atom. The van der Waals surface area contributed by atoms with Crippen LogP contribution < -0.4 is 5.32 Å². The molecule has 0 fully saturated rings. The molecule has 0 radical (unpaired) electrons. The lowest BCUT2D eigenvalue weighted by Gasteiger charge is -2.09. The molecule has 1 N–H and O–H groups in total. The molecule has 0 aliphatic rings. The lowest BCUT2D eigenvalue weighted by molar-refractivity contribution is 0.0982. The molecule has 0 aliphatic carbocycles. The number of nitrogens with zero attached hydrogens (tertiary/aromatic N) is 4. The number of benzene rings is 1. The van der Waals surface area contributed by atoms with Gasteiger partial charge in [0.2, 0.25) is 5.95 Å². The Morgan fingerprint density at radius 1 is 1.20 bits per heavy atom. The average molecular weight is 335 g/mol. The van der Waals surface area contributed by atoms with E-state index in [1.54, 1.807) is 17.1 Å². The van der Waals surface area contributed by atoms with E-state index in [1.807, 2.05) is 51.4 Å². The first-order valence-corrected chi connectivity index (χ1v) is 8.29. The van der Waals surface area contributed by atoms with Gasteiger partial charge in [0.25, 0.3) is 0 Å². The third-order valence-electron chi connectivity index (χ3n) is 3.89. The van der Waals surface area contributed by atoms with Crippen molar-refractivity contribution < 1.29 is 4.79 Å². The van der Waals surface area contributed by atoms with E-state index in [-0.39, 0.29) is 5.78 Å². The zero-order chi connectivity index (χ0) is 17.8. The van der Waals surface area contributed by atoms with Gasteiger partial charge in [-0.15, -0.1) is 0 Å². The van der Waals surface area contributed by atoms with Crippen LogP contribution in [0.25, 0.3) is 11.3 Å². The number of hydrogen-bond acceptors (Lipinski definition) is 5. The highest BCUT2D eigenvalue weighted by Gasteiger charge is 2.09. The molecule has 0 aliphatic heterocycles. The summed E-state index contributed by atoms with van der Waals surface area (Å²) in [5.74, 6) is 0.687. The molecule has 3 rings (SSSR count). The summed E-state index contributed by atoms with van der Waals surface area (Å²) in [6.45, 7) is 3.98. The number of nitrogens with one attached hydrogen (secondary N) is 1. The fourth-order valence-electron chi connectivity index (χ4n) is 2.59. The number of Topliss-reactive ketones (excluding diaryl/α,β-unsaturated/α-hetero) is 1. The maximum Gasteiger partial charge on any atom is 0.227 e. The van der Waals surface area contributed by atoms with E-state index in [2.05, 4.69) is 20.4 Å². The number of aromatic nitrogens is 4. The van der Waals surface area contributed by atoms with Crippen LogP contribution in [0.2, 0.25) is 0 Å². The number of hydrogen-bond donors (Lipinski definition) is 1. The van der Waals surface area contributed by atoms with Crippen LogP contribution >= 0.6 is 0 Å². The van der Waals surface area contributed by atoms with Crippen LogP contribution in [0.5, 0.6) is 0 Å². The molecule has 0 bridgehead atoms. The molecular formula is C19H21N5O. The van der Waals surface area contributed by atoms with Crippen LogP contribution in [0.1, 0.15) is 35.7 Å². The Hall–Kier alpha value is -3.02. The summed E-state index contributed by atoms with van der Waals surface area (Å²) in [6.07, 6.45) is 6.80. The first-order valence-electron chi connectivity index (χ1n) is 8.29. The van der Waals surface area contributed by atoms with E-state index in [9.17, 15) is 4.79 Å². The number of carbonyl (C=O) groups excluding carboxylic acids is 1. The molecule has 25 heavy (non-hydrogen) atoms. The molecular weight excluding hydrogens is 314 g/mol. The van der Waals surface area contributed by atoms with Crippen LogP contribution in [0.3, 0.4) is 0 Å². The second-order valence-corrected chi connectivity index (χ2v) is 6.00. The van der Waals surface area contributed by atoms with E-state index in [0.29, 0.717) is 12.4 Å².